The molecule has 3 aliphatic rings. The monoisotopic (exact) mass is 559 g/mol. The zero-order valence-electron chi connectivity index (χ0n) is 21.7. The van der Waals surface area contributed by atoms with Gasteiger partial charge in [-0.05, 0) is 49.6 Å². The molecule has 0 aromatic heterocycles. The van der Waals surface area contributed by atoms with E-state index in [2.05, 4.69) is 10.2 Å². The summed E-state index contributed by atoms with van der Waals surface area (Å²) in [5, 5.41) is 14.8. The zero-order chi connectivity index (χ0) is 27.4. The van der Waals surface area contributed by atoms with Crippen LogP contribution in [0, 0.1) is 10.1 Å². The third kappa shape index (κ3) is 6.01. The molecular weight excluding hydrogens is 526 g/mol. The first kappa shape index (κ1) is 27.3. The van der Waals surface area contributed by atoms with E-state index in [-0.39, 0.29) is 29.2 Å². The van der Waals surface area contributed by atoms with Gasteiger partial charge in [0.2, 0.25) is 10.0 Å². The fraction of sp³-hybridized carbons (Fsp3) is 0.500. The van der Waals surface area contributed by atoms with E-state index >= 15 is 0 Å². The molecule has 3 heterocycles. The van der Waals surface area contributed by atoms with Gasteiger partial charge in [-0.2, -0.15) is 4.31 Å². The minimum atomic E-state index is -3.79. The Balaban J connectivity index is 1.46. The average Bonchev–Trinajstić information content (AvgIpc) is 2.98. The first-order valence-corrected chi connectivity index (χ1v) is 14.7. The molecule has 0 saturated carbocycles. The SMILES string of the molecule is O=C(Nc1cc(S(=O)(=O)N2CCOCC2)ccc1N1CCCCC1)c1ccc(N2CCOCC2)c([N+](=O)[O-])c1. The molecule has 1 amide bonds. The Bertz CT molecular complexity index is 1320. The summed E-state index contributed by atoms with van der Waals surface area (Å²) in [5.74, 6) is -0.550. The molecule has 3 saturated heterocycles. The van der Waals surface area contributed by atoms with Gasteiger partial charge in [-0.1, -0.05) is 0 Å². The number of nitrogens with zero attached hydrogens (tertiary/aromatic N) is 4. The van der Waals surface area contributed by atoms with Crippen molar-refractivity contribution < 1.29 is 27.6 Å². The highest BCUT2D eigenvalue weighted by molar-refractivity contribution is 7.89. The summed E-state index contributed by atoms with van der Waals surface area (Å²) in [4.78, 5) is 28.9. The Hall–Kier alpha value is -3.26. The Morgan fingerprint density at radius 2 is 1.44 bits per heavy atom. The van der Waals surface area contributed by atoms with Gasteiger partial charge < -0.3 is 24.6 Å². The fourth-order valence-electron chi connectivity index (χ4n) is 5.20. The maximum absolute atomic E-state index is 13.4. The van der Waals surface area contributed by atoms with Crippen LogP contribution in [0.3, 0.4) is 0 Å². The number of anilines is 3. The lowest BCUT2D eigenvalue weighted by Gasteiger charge is -2.31. The van der Waals surface area contributed by atoms with Crippen LogP contribution in [0.1, 0.15) is 29.6 Å². The molecule has 3 aliphatic heterocycles. The number of morpholine rings is 2. The van der Waals surface area contributed by atoms with Gasteiger partial charge in [-0.25, -0.2) is 8.42 Å². The Labute approximate surface area is 227 Å². The van der Waals surface area contributed by atoms with E-state index in [1.807, 2.05) is 4.90 Å². The van der Waals surface area contributed by atoms with Crippen molar-refractivity contribution >= 4 is 38.7 Å². The topological polar surface area (TPSA) is 135 Å². The fourth-order valence-corrected chi connectivity index (χ4v) is 6.63. The second kappa shape index (κ2) is 11.9. The molecule has 39 heavy (non-hydrogen) atoms. The summed E-state index contributed by atoms with van der Waals surface area (Å²) in [7, 11) is -3.79. The number of hydrogen-bond acceptors (Lipinski definition) is 9. The quantitative estimate of drug-likeness (QED) is 0.401. The van der Waals surface area contributed by atoms with E-state index in [1.54, 1.807) is 24.3 Å². The van der Waals surface area contributed by atoms with Crippen LogP contribution in [0.5, 0.6) is 0 Å². The van der Waals surface area contributed by atoms with Gasteiger partial charge in [0.15, 0.2) is 0 Å². The number of hydrogen-bond donors (Lipinski definition) is 1. The number of nitrogens with one attached hydrogen (secondary N) is 1. The standard InChI is InChI=1S/C26H33N5O7S/c32-26(20-4-6-24(25(18-20)31(33)34)29-10-14-37-15-11-29)27-22-19-21(39(35,36)30-12-16-38-17-13-30)5-7-23(22)28-8-2-1-3-9-28/h4-7,18-19H,1-3,8-17H2,(H,27,32). The van der Waals surface area contributed by atoms with Gasteiger partial charge in [-0.3, -0.25) is 14.9 Å². The Kier molecular flexibility index (Phi) is 8.31. The van der Waals surface area contributed by atoms with Crippen molar-refractivity contribution in [3.8, 4) is 0 Å². The summed E-state index contributed by atoms with van der Waals surface area (Å²) in [5.41, 5.74) is 1.47. The number of carbonyl (C=O) groups is 1. The summed E-state index contributed by atoms with van der Waals surface area (Å²) in [6, 6.07) is 9.22. The maximum atomic E-state index is 13.4. The molecule has 1 N–H and O–H groups in total. The number of nitro benzene ring substituents is 1. The highest BCUT2D eigenvalue weighted by atomic mass is 32.2. The molecule has 2 aromatic carbocycles. The van der Waals surface area contributed by atoms with Crippen molar-refractivity contribution in [1.82, 2.24) is 4.31 Å². The number of rotatable bonds is 7. The number of sulfonamides is 1. The van der Waals surface area contributed by atoms with Gasteiger partial charge in [-0.15, -0.1) is 0 Å². The molecular formula is C26H33N5O7S. The van der Waals surface area contributed by atoms with Crippen LogP contribution in [-0.2, 0) is 19.5 Å². The van der Waals surface area contributed by atoms with Crippen molar-refractivity contribution in [3.05, 3.63) is 52.1 Å². The van der Waals surface area contributed by atoms with Crippen LogP contribution < -0.4 is 15.1 Å². The van der Waals surface area contributed by atoms with Gasteiger partial charge in [0.1, 0.15) is 5.69 Å². The third-order valence-corrected chi connectivity index (χ3v) is 9.20. The molecule has 0 spiro atoms. The van der Waals surface area contributed by atoms with Crippen LogP contribution >= 0.6 is 0 Å². The highest BCUT2D eigenvalue weighted by Crippen LogP contribution is 2.34. The second-order valence-electron chi connectivity index (χ2n) is 9.76. The Morgan fingerprint density at radius 3 is 2.10 bits per heavy atom. The highest BCUT2D eigenvalue weighted by Gasteiger charge is 2.29. The van der Waals surface area contributed by atoms with Gasteiger partial charge in [0.05, 0.1) is 47.6 Å². The second-order valence-corrected chi connectivity index (χ2v) is 11.7. The van der Waals surface area contributed by atoms with Gasteiger partial charge in [0, 0.05) is 50.9 Å². The van der Waals surface area contributed by atoms with E-state index in [0.717, 1.165) is 38.0 Å². The number of carbonyl (C=O) groups excluding carboxylic acids is 1. The lowest BCUT2D eigenvalue weighted by atomic mass is 10.1. The van der Waals surface area contributed by atoms with E-state index in [9.17, 15) is 23.3 Å². The first-order valence-electron chi connectivity index (χ1n) is 13.2. The van der Waals surface area contributed by atoms with E-state index in [1.165, 1.54) is 16.4 Å². The van der Waals surface area contributed by atoms with Gasteiger partial charge in [0.25, 0.3) is 11.6 Å². The predicted octanol–water partition coefficient (Wildman–Crippen LogP) is 2.69. The lowest BCUT2D eigenvalue weighted by molar-refractivity contribution is -0.384. The number of nitro groups is 1. The van der Waals surface area contributed by atoms with E-state index in [4.69, 9.17) is 9.47 Å². The first-order chi connectivity index (χ1) is 18.8. The molecule has 5 rings (SSSR count). The smallest absolute Gasteiger partial charge is 0.293 e. The van der Waals surface area contributed by atoms with E-state index < -0.39 is 20.9 Å². The number of piperidine rings is 1. The van der Waals surface area contributed by atoms with Crippen molar-refractivity contribution in [2.24, 2.45) is 0 Å². The van der Waals surface area contributed by atoms with Crippen LogP contribution in [0.2, 0.25) is 0 Å². The molecule has 13 heteroatoms. The Morgan fingerprint density at radius 1 is 0.821 bits per heavy atom. The summed E-state index contributed by atoms with van der Waals surface area (Å²) < 4.78 is 38.7. The molecule has 210 valence electrons. The minimum absolute atomic E-state index is 0.0779. The van der Waals surface area contributed by atoms with Crippen LogP contribution in [0.25, 0.3) is 0 Å². The van der Waals surface area contributed by atoms with Crippen LogP contribution in [0.4, 0.5) is 22.7 Å². The largest absolute Gasteiger partial charge is 0.379 e. The summed E-state index contributed by atoms with van der Waals surface area (Å²) in [6.07, 6.45) is 3.10. The predicted molar refractivity (Wildman–Crippen MR) is 146 cm³/mol. The van der Waals surface area contributed by atoms with Crippen LogP contribution in [-0.4, -0.2) is 89.2 Å². The molecule has 0 atom stereocenters. The molecule has 3 fully saturated rings. The number of benzene rings is 2. The molecule has 0 bridgehead atoms. The summed E-state index contributed by atoms with van der Waals surface area (Å²) in [6.45, 7) is 4.75. The van der Waals surface area contributed by atoms with Crippen molar-refractivity contribution in [2.45, 2.75) is 24.2 Å². The number of amides is 1. The third-order valence-electron chi connectivity index (χ3n) is 7.31. The van der Waals surface area contributed by atoms with Crippen LogP contribution in [0.15, 0.2) is 41.3 Å². The molecule has 0 radical (unpaired) electrons. The molecule has 2 aromatic rings. The summed E-state index contributed by atoms with van der Waals surface area (Å²) >= 11 is 0. The molecule has 0 aliphatic carbocycles. The van der Waals surface area contributed by atoms with Crippen molar-refractivity contribution in [3.63, 3.8) is 0 Å². The zero-order valence-corrected chi connectivity index (χ0v) is 22.5. The van der Waals surface area contributed by atoms with Crippen molar-refractivity contribution in [1.29, 1.82) is 0 Å². The lowest BCUT2D eigenvalue weighted by Crippen LogP contribution is -2.40. The van der Waals surface area contributed by atoms with Gasteiger partial charge >= 0.3 is 0 Å². The molecule has 12 nitrogen and oxygen atoms in total. The normalized spacial score (nSPS) is 19.1. The van der Waals surface area contributed by atoms with Crippen molar-refractivity contribution in [2.75, 3.05) is 80.8 Å². The van der Waals surface area contributed by atoms with E-state index in [0.29, 0.717) is 50.9 Å². The maximum Gasteiger partial charge on any atom is 0.293 e. The number of ether oxygens (including phenoxy) is 2. The minimum Gasteiger partial charge on any atom is -0.379 e. The molecule has 0 unspecified atom stereocenters. The average molecular weight is 560 g/mol.